The number of fused-ring (bicyclic) bond motifs is 3. The molecule has 1 aromatic carbocycles. The fraction of sp³-hybridized carbons (Fsp3) is 0.529. The number of carbonyl (C=O) groups excluding carboxylic acids is 1. The number of anilines is 1. The Morgan fingerprint density at radius 3 is 2.86 bits per heavy atom. The summed E-state index contributed by atoms with van der Waals surface area (Å²) in [6, 6.07) is 4.23. The predicted octanol–water partition coefficient (Wildman–Crippen LogP) is 2.25. The molecule has 5 heteroatoms. The highest BCUT2D eigenvalue weighted by Crippen LogP contribution is 2.32. The molecule has 0 atom stereocenters. The number of carbonyl (C=O) groups is 1. The van der Waals surface area contributed by atoms with E-state index in [9.17, 15) is 4.79 Å². The lowest BCUT2D eigenvalue weighted by Crippen LogP contribution is -2.41. The third-order valence-corrected chi connectivity index (χ3v) is 4.83. The van der Waals surface area contributed by atoms with Crippen molar-refractivity contribution in [2.75, 3.05) is 31.1 Å². The van der Waals surface area contributed by atoms with Gasteiger partial charge in [0.15, 0.2) is 0 Å². The van der Waals surface area contributed by atoms with Gasteiger partial charge in [-0.15, -0.1) is 0 Å². The molecule has 3 heterocycles. The van der Waals surface area contributed by atoms with Crippen LogP contribution in [-0.4, -0.2) is 47.0 Å². The quantitative estimate of drug-likeness (QED) is 0.925. The van der Waals surface area contributed by atoms with E-state index >= 15 is 0 Å². The van der Waals surface area contributed by atoms with Crippen molar-refractivity contribution in [3.8, 4) is 0 Å². The van der Waals surface area contributed by atoms with Crippen LogP contribution in [0.15, 0.2) is 12.1 Å². The van der Waals surface area contributed by atoms with Gasteiger partial charge in [-0.05, 0) is 44.7 Å². The van der Waals surface area contributed by atoms with Crippen molar-refractivity contribution in [3.63, 3.8) is 0 Å². The molecule has 1 fully saturated rings. The van der Waals surface area contributed by atoms with E-state index < -0.39 is 0 Å². The highest BCUT2D eigenvalue weighted by molar-refractivity contribution is 5.88. The standard InChI is InChI=1S/C17H22N4O/c1-12-18-14-6-7-15-13(17(14)19-12)5-4-10-21(15)11-16(22)20-8-2-3-9-20/h6-7H,2-5,8-11H2,1H3,(H,18,19). The van der Waals surface area contributed by atoms with Gasteiger partial charge in [0.1, 0.15) is 5.82 Å². The Hall–Kier alpha value is -2.04. The molecule has 0 aliphatic carbocycles. The van der Waals surface area contributed by atoms with Gasteiger partial charge >= 0.3 is 0 Å². The fourth-order valence-corrected chi connectivity index (χ4v) is 3.75. The first-order valence-corrected chi connectivity index (χ1v) is 8.23. The van der Waals surface area contributed by atoms with Crippen molar-refractivity contribution in [2.24, 2.45) is 0 Å². The summed E-state index contributed by atoms with van der Waals surface area (Å²) in [6.07, 6.45) is 4.43. The molecule has 2 aliphatic heterocycles. The van der Waals surface area contributed by atoms with E-state index in [1.807, 2.05) is 11.8 Å². The number of nitrogens with zero attached hydrogens (tertiary/aromatic N) is 3. The minimum Gasteiger partial charge on any atom is -0.362 e. The van der Waals surface area contributed by atoms with Gasteiger partial charge in [0.05, 0.1) is 17.6 Å². The number of likely N-dealkylation sites (tertiary alicyclic amines) is 1. The van der Waals surface area contributed by atoms with Crippen molar-refractivity contribution in [2.45, 2.75) is 32.6 Å². The van der Waals surface area contributed by atoms with E-state index in [4.69, 9.17) is 0 Å². The molecule has 0 saturated carbocycles. The van der Waals surface area contributed by atoms with Gasteiger partial charge in [0.2, 0.25) is 5.91 Å². The lowest BCUT2D eigenvalue weighted by molar-refractivity contribution is -0.128. The summed E-state index contributed by atoms with van der Waals surface area (Å²) in [5.74, 6) is 1.22. The third kappa shape index (κ3) is 2.25. The second-order valence-electron chi connectivity index (χ2n) is 6.39. The van der Waals surface area contributed by atoms with Crippen LogP contribution in [-0.2, 0) is 11.2 Å². The van der Waals surface area contributed by atoms with Crippen LogP contribution in [0.25, 0.3) is 11.0 Å². The summed E-state index contributed by atoms with van der Waals surface area (Å²) in [5.41, 5.74) is 4.66. The van der Waals surface area contributed by atoms with Crippen LogP contribution in [0.5, 0.6) is 0 Å². The Morgan fingerprint density at radius 1 is 1.23 bits per heavy atom. The molecule has 4 rings (SSSR count). The molecular weight excluding hydrogens is 276 g/mol. The maximum absolute atomic E-state index is 12.5. The molecule has 2 aromatic rings. The minimum atomic E-state index is 0.267. The second-order valence-corrected chi connectivity index (χ2v) is 6.39. The van der Waals surface area contributed by atoms with E-state index in [1.165, 1.54) is 11.3 Å². The Morgan fingerprint density at radius 2 is 2.05 bits per heavy atom. The number of H-pyrrole nitrogens is 1. The molecule has 0 unspecified atom stereocenters. The lowest BCUT2D eigenvalue weighted by Gasteiger charge is -2.32. The number of aromatic nitrogens is 2. The molecule has 0 bridgehead atoms. The van der Waals surface area contributed by atoms with Crippen molar-refractivity contribution < 1.29 is 4.79 Å². The summed E-state index contributed by atoms with van der Waals surface area (Å²) in [5, 5.41) is 0. The molecule has 116 valence electrons. The first-order valence-electron chi connectivity index (χ1n) is 8.23. The van der Waals surface area contributed by atoms with Gasteiger partial charge in [-0.3, -0.25) is 4.79 Å². The molecule has 0 spiro atoms. The van der Waals surface area contributed by atoms with Crippen molar-refractivity contribution in [1.29, 1.82) is 0 Å². The maximum atomic E-state index is 12.5. The van der Waals surface area contributed by atoms with Crippen LogP contribution in [0.2, 0.25) is 0 Å². The average molecular weight is 298 g/mol. The Balaban J connectivity index is 1.64. The Labute approximate surface area is 130 Å². The van der Waals surface area contributed by atoms with Crippen molar-refractivity contribution in [1.82, 2.24) is 14.9 Å². The van der Waals surface area contributed by atoms with Gasteiger partial charge in [0, 0.05) is 30.9 Å². The highest BCUT2D eigenvalue weighted by Gasteiger charge is 2.25. The number of imidazole rings is 1. The average Bonchev–Trinajstić information content (AvgIpc) is 3.15. The smallest absolute Gasteiger partial charge is 0.242 e. The first-order chi connectivity index (χ1) is 10.7. The van der Waals surface area contributed by atoms with Crippen molar-refractivity contribution >= 4 is 22.6 Å². The zero-order valence-corrected chi connectivity index (χ0v) is 13.1. The molecule has 2 aliphatic rings. The van der Waals surface area contributed by atoms with Gasteiger partial charge in [-0.2, -0.15) is 0 Å². The second kappa shape index (κ2) is 5.30. The molecule has 5 nitrogen and oxygen atoms in total. The van der Waals surface area contributed by atoms with Crippen LogP contribution in [0.1, 0.15) is 30.7 Å². The number of amides is 1. The number of benzene rings is 1. The molecular formula is C17H22N4O. The molecule has 1 amide bonds. The Bertz CT molecular complexity index is 715. The van der Waals surface area contributed by atoms with E-state index in [2.05, 4.69) is 27.0 Å². The zero-order valence-electron chi connectivity index (χ0n) is 13.1. The van der Waals surface area contributed by atoms with Gasteiger partial charge in [-0.25, -0.2) is 4.98 Å². The fourth-order valence-electron chi connectivity index (χ4n) is 3.75. The van der Waals surface area contributed by atoms with Gasteiger partial charge in [0.25, 0.3) is 0 Å². The van der Waals surface area contributed by atoms with E-state index in [1.54, 1.807) is 0 Å². The molecule has 1 N–H and O–H groups in total. The van der Waals surface area contributed by atoms with Crippen LogP contribution in [0.3, 0.4) is 0 Å². The van der Waals surface area contributed by atoms with E-state index in [-0.39, 0.29) is 5.91 Å². The number of hydrogen-bond acceptors (Lipinski definition) is 3. The van der Waals surface area contributed by atoms with E-state index in [0.717, 1.165) is 62.2 Å². The largest absolute Gasteiger partial charge is 0.362 e. The predicted molar refractivity (Wildman–Crippen MR) is 87.2 cm³/mol. The van der Waals surface area contributed by atoms with Crippen LogP contribution in [0, 0.1) is 6.92 Å². The number of nitrogens with one attached hydrogen (secondary N) is 1. The monoisotopic (exact) mass is 298 g/mol. The number of aryl methyl sites for hydroxylation is 2. The minimum absolute atomic E-state index is 0.267. The molecule has 1 saturated heterocycles. The summed E-state index contributed by atoms with van der Waals surface area (Å²) in [6.45, 7) is 5.31. The van der Waals surface area contributed by atoms with Gasteiger partial charge < -0.3 is 14.8 Å². The SMILES string of the molecule is Cc1nc2c3c(ccc2[nH]1)N(CC(=O)N1CCCC1)CCC3. The van der Waals surface area contributed by atoms with Gasteiger partial charge in [-0.1, -0.05) is 0 Å². The van der Waals surface area contributed by atoms with Crippen LogP contribution in [0.4, 0.5) is 5.69 Å². The summed E-state index contributed by atoms with van der Waals surface area (Å²) < 4.78 is 0. The molecule has 0 radical (unpaired) electrons. The topological polar surface area (TPSA) is 52.2 Å². The third-order valence-electron chi connectivity index (χ3n) is 4.83. The first kappa shape index (κ1) is 13.6. The number of rotatable bonds is 2. The summed E-state index contributed by atoms with van der Waals surface area (Å²) in [7, 11) is 0. The lowest BCUT2D eigenvalue weighted by atomic mass is 10.00. The normalized spacial score (nSPS) is 18.0. The highest BCUT2D eigenvalue weighted by atomic mass is 16.2. The zero-order chi connectivity index (χ0) is 15.1. The van der Waals surface area contributed by atoms with Crippen LogP contribution < -0.4 is 4.90 Å². The summed E-state index contributed by atoms with van der Waals surface area (Å²) in [4.78, 5) is 24.6. The maximum Gasteiger partial charge on any atom is 0.242 e. The molecule has 1 aromatic heterocycles. The number of aromatic amines is 1. The van der Waals surface area contributed by atoms with Crippen molar-refractivity contribution in [3.05, 3.63) is 23.5 Å². The Kier molecular flexibility index (Phi) is 3.28. The number of hydrogen-bond donors (Lipinski definition) is 1. The van der Waals surface area contributed by atoms with E-state index in [0.29, 0.717) is 6.54 Å². The van der Waals surface area contributed by atoms with Crippen LogP contribution >= 0.6 is 0 Å². The molecule has 22 heavy (non-hydrogen) atoms. The summed E-state index contributed by atoms with van der Waals surface area (Å²) >= 11 is 0.